The number of anilines is 1. The van der Waals surface area contributed by atoms with Gasteiger partial charge in [-0.3, -0.25) is 0 Å². The molecule has 3 aromatic carbocycles. The van der Waals surface area contributed by atoms with Crippen molar-refractivity contribution in [1.29, 1.82) is 0 Å². The van der Waals surface area contributed by atoms with Gasteiger partial charge in [-0.2, -0.15) is 0 Å². The minimum atomic E-state index is -0.680. The van der Waals surface area contributed by atoms with Crippen molar-refractivity contribution in [2.45, 2.75) is 12.6 Å². The number of aliphatic hydroxyl groups is 1. The summed E-state index contributed by atoms with van der Waals surface area (Å²) >= 11 is 12.0. The van der Waals surface area contributed by atoms with Crippen LogP contribution in [-0.2, 0) is 6.54 Å². The Morgan fingerprint density at radius 1 is 0.889 bits per heavy atom. The van der Waals surface area contributed by atoms with Crippen LogP contribution in [0.1, 0.15) is 5.56 Å². The molecule has 0 aliphatic carbocycles. The summed E-state index contributed by atoms with van der Waals surface area (Å²) < 4.78 is 5.67. The minimum Gasteiger partial charge on any atom is -0.489 e. The first-order chi connectivity index (χ1) is 13.1. The summed E-state index contributed by atoms with van der Waals surface area (Å²) in [5.41, 5.74) is 2.22. The van der Waals surface area contributed by atoms with E-state index in [4.69, 9.17) is 27.9 Å². The molecule has 1 N–H and O–H groups in total. The number of aliphatic hydroxyl groups excluding tert-OH is 1. The topological polar surface area (TPSA) is 32.7 Å². The lowest BCUT2D eigenvalue weighted by atomic mass is 10.2. The summed E-state index contributed by atoms with van der Waals surface area (Å²) in [6.45, 7) is 1.27. The third-order valence-corrected chi connectivity index (χ3v) is 4.62. The predicted octanol–water partition coefficient (Wildman–Crippen LogP) is 5.44. The third kappa shape index (κ3) is 5.90. The summed E-state index contributed by atoms with van der Waals surface area (Å²) in [5, 5.41) is 11.5. The lowest BCUT2D eigenvalue weighted by molar-refractivity contribution is 0.112. The van der Waals surface area contributed by atoms with Crippen molar-refractivity contribution in [2.75, 3.05) is 18.1 Å². The molecular weight excluding hydrogens is 381 g/mol. The van der Waals surface area contributed by atoms with Gasteiger partial charge in [0.15, 0.2) is 0 Å². The second-order valence-corrected chi connectivity index (χ2v) is 7.08. The highest BCUT2D eigenvalue weighted by Crippen LogP contribution is 2.27. The van der Waals surface area contributed by atoms with Gasteiger partial charge in [0.1, 0.15) is 18.5 Å². The number of nitrogens with zero attached hydrogens (tertiary/aromatic N) is 1. The molecule has 0 fully saturated rings. The van der Waals surface area contributed by atoms with E-state index in [1.165, 1.54) is 5.56 Å². The van der Waals surface area contributed by atoms with Crippen LogP contribution >= 0.6 is 23.2 Å². The Morgan fingerprint density at radius 2 is 1.56 bits per heavy atom. The van der Waals surface area contributed by atoms with Gasteiger partial charge in [0.2, 0.25) is 0 Å². The van der Waals surface area contributed by atoms with Crippen LogP contribution < -0.4 is 9.64 Å². The Labute approximate surface area is 169 Å². The number of benzene rings is 3. The molecule has 0 saturated carbocycles. The van der Waals surface area contributed by atoms with E-state index < -0.39 is 6.10 Å². The lowest BCUT2D eigenvalue weighted by Gasteiger charge is -2.27. The van der Waals surface area contributed by atoms with Gasteiger partial charge in [-0.1, -0.05) is 71.7 Å². The standard InChI is InChI=1S/C22H21Cl2NO2/c23-18-11-12-22(21(24)13-18)27-16-20(26)15-25(19-9-5-2-6-10-19)14-17-7-3-1-4-8-17/h1-13,20,26H,14-16H2. The zero-order valence-electron chi connectivity index (χ0n) is 14.8. The van der Waals surface area contributed by atoms with Gasteiger partial charge in [0, 0.05) is 23.8 Å². The molecule has 3 rings (SSSR count). The van der Waals surface area contributed by atoms with Crippen molar-refractivity contribution in [3.63, 3.8) is 0 Å². The fourth-order valence-corrected chi connectivity index (χ4v) is 3.25. The smallest absolute Gasteiger partial charge is 0.138 e. The number of rotatable bonds is 8. The molecule has 1 atom stereocenters. The second kappa shape index (κ2) is 9.65. The number of hydrogen-bond acceptors (Lipinski definition) is 3. The van der Waals surface area contributed by atoms with E-state index in [2.05, 4.69) is 17.0 Å². The molecule has 0 spiro atoms. The molecule has 0 heterocycles. The van der Waals surface area contributed by atoms with Crippen LogP contribution in [0.3, 0.4) is 0 Å². The van der Waals surface area contributed by atoms with Crippen molar-refractivity contribution < 1.29 is 9.84 Å². The van der Waals surface area contributed by atoms with E-state index >= 15 is 0 Å². The van der Waals surface area contributed by atoms with Crippen LogP contribution in [0.4, 0.5) is 5.69 Å². The maximum atomic E-state index is 10.5. The van der Waals surface area contributed by atoms with Gasteiger partial charge in [-0.25, -0.2) is 0 Å². The molecule has 0 saturated heterocycles. The van der Waals surface area contributed by atoms with Gasteiger partial charge in [-0.15, -0.1) is 0 Å². The zero-order valence-corrected chi connectivity index (χ0v) is 16.3. The second-order valence-electron chi connectivity index (χ2n) is 6.24. The summed E-state index contributed by atoms with van der Waals surface area (Å²) in [4.78, 5) is 2.13. The molecule has 0 aliphatic rings. The number of ether oxygens (including phenoxy) is 1. The van der Waals surface area contributed by atoms with E-state index in [9.17, 15) is 5.11 Å². The van der Waals surface area contributed by atoms with Gasteiger partial charge >= 0.3 is 0 Å². The van der Waals surface area contributed by atoms with E-state index in [0.717, 1.165) is 5.69 Å². The molecule has 3 nitrogen and oxygen atoms in total. The van der Waals surface area contributed by atoms with Crippen LogP contribution in [0.5, 0.6) is 5.75 Å². The van der Waals surface area contributed by atoms with E-state index in [1.807, 2.05) is 48.5 Å². The molecule has 0 bridgehead atoms. The normalized spacial score (nSPS) is 11.8. The van der Waals surface area contributed by atoms with Crippen molar-refractivity contribution in [2.24, 2.45) is 0 Å². The Kier molecular flexibility index (Phi) is 6.99. The molecule has 0 aromatic heterocycles. The highest BCUT2D eigenvalue weighted by Gasteiger charge is 2.14. The van der Waals surface area contributed by atoms with Gasteiger partial charge in [0.25, 0.3) is 0 Å². The molecule has 0 radical (unpaired) electrons. The molecule has 1 unspecified atom stereocenters. The largest absolute Gasteiger partial charge is 0.489 e. The third-order valence-electron chi connectivity index (χ3n) is 4.09. The quantitative estimate of drug-likeness (QED) is 0.545. The Hall–Kier alpha value is -2.20. The van der Waals surface area contributed by atoms with Gasteiger partial charge in [0.05, 0.1) is 5.02 Å². The highest BCUT2D eigenvalue weighted by molar-refractivity contribution is 6.35. The molecule has 0 amide bonds. The zero-order chi connectivity index (χ0) is 19.1. The molecule has 140 valence electrons. The number of para-hydroxylation sites is 1. The molecule has 5 heteroatoms. The average Bonchev–Trinajstić information content (AvgIpc) is 2.68. The van der Waals surface area contributed by atoms with Crippen molar-refractivity contribution in [3.05, 3.63) is 94.5 Å². The SMILES string of the molecule is OC(COc1ccc(Cl)cc1Cl)CN(Cc1ccccc1)c1ccccc1. The first kappa shape index (κ1) is 19.6. The maximum absolute atomic E-state index is 10.5. The van der Waals surface area contributed by atoms with Crippen LogP contribution in [0, 0.1) is 0 Å². The Balaban J connectivity index is 1.65. The number of hydrogen-bond donors (Lipinski definition) is 1. The number of halogens is 2. The maximum Gasteiger partial charge on any atom is 0.138 e. The summed E-state index contributed by atoms with van der Waals surface area (Å²) in [7, 11) is 0. The van der Waals surface area contributed by atoms with Crippen molar-refractivity contribution >= 4 is 28.9 Å². The minimum absolute atomic E-state index is 0.138. The summed E-state index contributed by atoms with van der Waals surface area (Å²) in [5.74, 6) is 0.509. The Morgan fingerprint density at radius 3 is 2.22 bits per heavy atom. The predicted molar refractivity (Wildman–Crippen MR) is 112 cm³/mol. The van der Waals surface area contributed by atoms with Crippen LogP contribution in [0.15, 0.2) is 78.9 Å². The molecule has 0 aliphatic heterocycles. The first-order valence-corrected chi connectivity index (χ1v) is 9.47. The van der Waals surface area contributed by atoms with Crippen LogP contribution in [0.25, 0.3) is 0 Å². The van der Waals surface area contributed by atoms with E-state index in [-0.39, 0.29) is 6.61 Å². The fraction of sp³-hybridized carbons (Fsp3) is 0.182. The fourth-order valence-electron chi connectivity index (χ4n) is 2.79. The molecule has 27 heavy (non-hydrogen) atoms. The van der Waals surface area contributed by atoms with Crippen molar-refractivity contribution in [1.82, 2.24) is 0 Å². The monoisotopic (exact) mass is 401 g/mol. The lowest BCUT2D eigenvalue weighted by Crippen LogP contribution is -2.35. The van der Waals surface area contributed by atoms with Crippen LogP contribution in [-0.4, -0.2) is 24.4 Å². The van der Waals surface area contributed by atoms with E-state index in [1.54, 1.807) is 18.2 Å². The Bertz CT molecular complexity index is 843. The first-order valence-electron chi connectivity index (χ1n) is 8.71. The summed E-state index contributed by atoms with van der Waals surface area (Å²) in [6.07, 6.45) is -0.680. The van der Waals surface area contributed by atoms with Gasteiger partial charge in [-0.05, 0) is 35.9 Å². The molecule has 3 aromatic rings. The molecular formula is C22H21Cl2NO2. The van der Waals surface area contributed by atoms with Crippen molar-refractivity contribution in [3.8, 4) is 5.75 Å². The summed E-state index contributed by atoms with van der Waals surface area (Å²) in [6, 6.07) is 25.2. The average molecular weight is 402 g/mol. The highest BCUT2D eigenvalue weighted by atomic mass is 35.5. The van der Waals surface area contributed by atoms with E-state index in [0.29, 0.717) is 28.9 Å². The van der Waals surface area contributed by atoms with Gasteiger partial charge < -0.3 is 14.7 Å². The van der Waals surface area contributed by atoms with Crippen LogP contribution in [0.2, 0.25) is 10.0 Å².